The van der Waals surface area contributed by atoms with E-state index in [1.165, 1.54) is 0 Å². The Hall–Kier alpha value is -1.75. The number of unbranched alkanes of at least 4 members (excludes halogenated alkanes) is 2. The van der Waals surface area contributed by atoms with Crippen LogP contribution < -0.4 is 4.74 Å². The molecule has 5 nitrogen and oxygen atoms in total. The summed E-state index contributed by atoms with van der Waals surface area (Å²) in [5.41, 5.74) is 0.855. The number of benzene rings is 1. The molecular formula is C16H22ClNO4. The van der Waals surface area contributed by atoms with Crippen molar-refractivity contribution < 1.29 is 19.4 Å². The molecule has 0 heterocycles. The Balaban J connectivity index is 2.28. The van der Waals surface area contributed by atoms with Crippen LogP contribution in [0.5, 0.6) is 5.75 Å². The van der Waals surface area contributed by atoms with E-state index in [1.54, 1.807) is 18.0 Å². The van der Waals surface area contributed by atoms with Crippen molar-refractivity contribution in [2.45, 2.75) is 31.6 Å². The molecule has 22 heavy (non-hydrogen) atoms. The van der Waals surface area contributed by atoms with Crippen molar-refractivity contribution in [3.05, 3.63) is 29.8 Å². The van der Waals surface area contributed by atoms with Gasteiger partial charge in [-0.1, -0.05) is 24.6 Å². The fourth-order valence-corrected chi connectivity index (χ4v) is 2.15. The lowest BCUT2D eigenvalue weighted by Gasteiger charge is -2.18. The summed E-state index contributed by atoms with van der Waals surface area (Å²) in [6.07, 6.45) is 2.39. The van der Waals surface area contributed by atoms with Gasteiger partial charge in [0.2, 0.25) is 0 Å². The van der Waals surface area contributed by atoms with Crippen molar-refractivity contribution in [2.75, 3.05) is 20.2 Å². The van der Waals surface area contributed by atoms with Gasteiger partial charge in [0.25, 0.3) is 5.91 Å². The maximum Gasteiger partial charge on any atom is 0.303 e. The zero-order chi connectivity index (χ0) is 16.4. The molecule has 0 aliphatic rings. The predicted octanol–water partition coefficient (Wildman–Crippen LogP) is 2.91. The second kappa shape index (κ2) is 10.1. The molecule has 0 saturated carbocycles. The van der Waals surface area contributed by atoms with Gasteiger partial charge in [-0.15, -0.1) is 11.6 Å². The number of halogens is 1. The minimum absolute atomic E-state index is 0.0282. The lowest BCUT2D eigenvalue weighted by molar-refractivity contribution is -0.137. The van der Waals surface area contributed by atoms with E-state index in [0.717, 1.165) is 18.4 Å². The molecule has 1 N–H and O–H groups in total. The number of carboxylic acids is 1. The molecule has 1 amide bonds. The molecule has 0 aliphatic carbocycles. The first-order chi connectivity index (χ1) is 10.5. The number of aliphatic carboxylic acids is 1. The molecule has 0 fully saturated rings. The van der Waals surface area contributed by atoms with Crippen LogP contribution in [-0.2, 0) is 15.5 Å². The van der Waals surface area contributed by atoms with E-state index in [1.807, 2.05) is 18.2 Å². The van der Waals surface area contributed by atoms with Crippen LogP contribution in [0.4, 0.5) is 0 Å². The van der Waals surface area contributed by atoms with Crippen molar-refractivity contribution in [1.82, 2.24) is 4.90 Å². The van der Waals surface area contributed by atoms with Crippen LogP contribution >= 0.6 is 11.6 Å². The van der Waals surface area contributed by atoms with Gasteiger partial charge in [0.05, 0.1) is 5.88 Å². The molecular weight excluding hydrogens is 306 g/mol. The minimum Gasteiger partial charge on any atom is -0.483 e. The SMILES string of the molecule is CN(CCCCCC(=O)O)C(=O)COc1ccccc1CCl. The van der Waals surface area contributed by atoms with Crippen molar-refractivity contribution in [2.24, 2.45) is 0 Å². The first-order valence-electron chi connectivity index (χ1n) is 7.27. The van der Waals surface area contributed by atoms with Crippen molar-refractivity contribution >= 4 is 23.5 Å². The van der Waals surface area contributed by atoms with Gasteiger partial charge >= 0.3 is 5.97 Å². The van der Waals surface area contributed by atoms with E-state index in [0.29, 0.717) is 24.6 Å². The zero-order valence-corrected chi connectivity index (χ0v) is 13.5. The number of rotatable bonds is 10. The van der Waals surface area contributed by atoms with E-state index in [-0.39, 0.29) is 18.9 Å². The Labute approximate surface area is 135 Å². The van der Waals surface area contributed by atoms with Gasteiger partial charge in [-0.05, 0) is 18.9 Å². The zero-order valence-electron chi connectivity index (χ0n) is 12.8. The monoisotopic (exact) mass is 327 g/mol. The molecule has 1 rings (SSSR count). The maximum absolute atomic E-state index is 12.0. The van der Waals surface area contributed by atoms with Crippen molar-refractivity contribution in [3.63, 3.8) is 0 Å². The number of nitrogens with zero attached hydrogens (tertiary/aromatic N) is 1. The first-order valence-corrected chi connectivity index (χ1v) is 7.80. The van der Waals surface area contributed by atoms with Gasteiger partial charge in [0.1, 0.15) is 5.75 Å². The minimum atomic E-state index is -0.782. The van der Waals surface area contributed by atoms with E-state index >= 15 is 0 Å². The number of carbonyl (C=O) groups excluding carboxylic acids is 1. The molecule has 1 aromatic carbocycles. The number of amides is 1. The maximum atomic E-state index is 12.0. The number of carboxylic acid groups (broad SMARTS) is 1. The molecule has 1 aromatic rings. The summed E-state index contributed by atoms with van der Waals surface area (Å²) in [6.45, 7) is 0.568. The van der Waals surface area contributed by atoms with Gasteiger partial charge in [0, 0.05) is 25.6 Å². The lowest BCUT2D eigenvalue weighted by Crippen LogP contribution is -2.32. The number of carbonyl (C=O) groups is 2. The smallest absolute Gasteiger partial charge is 0.303 e. The first kappa shape index (κ1) is 18.3. The molecule has 122 valence electrons. The Kier molecular flexibility index (Phi) is 8.36. The van der Waals surface area contributed by atoms with Gasteiger partial charge < -0.3 is 14.7 Å². The average molecular weight is 328 g/mol. The molecule has 0 aromatic heterocycles. The highest BCUT2D eigenvalue weighted by Crippen LogP contribution is 2.19. The van der Waals surface area contributed by atoms with E-state index in [4.69, 9.17) is 21.4 Å². The van der Waals surface area contributed by atoms with Crippen LogP contribution in [0.15, 0.2) is 24.3 Å². The molecule has 0 unspecified atom stereocenters. The quantitative estimate of drug-likeness (QED) is 0.530. The van der Waals surface area contributed by atoms with Crippen molar-refractivity contribution in [3.8, 4) is 5.75 Å². The average Bonchev–Trinajstić information content (AvgIpc) is 2.51. The summed E-state index contributed by atoms with van der Waals surface area (Å²) in [5.74, 6) is 0.0724. The Bertz CT molecular complexity index is 493. The van der Waals surface area contributed by atoms with Crippen LogP contribution in [0.3, 0.4) is 0 Å². The Morgan fingerprint density at radius 1 is 1.23 bits per heavy atom. The molecule has 6 heteroatoms. The van der Waals surface area contributed by atoms with E-state index in [9.17, 15) is 9.59 Å². The second-order valence-electron chi connectivity index (χ2n) is 5.05. The number of alkyl halides is 1. The number of likely N-dealkylation sites (N-methyl/N-ethyl adjacent to an activating group) is 1. The third-order valence-electron chi connectivity index (χ3n) is 3.28. The molecule has 0 radical (unpaired) electrons. The number of hydrogen-bond donors (Lipinski definition) is 1. The normalized spacial score (nSPS) is 10.3. The highest BCUT2D eigenvalue weighted by molar-refractivity contribution is 6.17. The van der Waals surface area contributed by atoms with E-state index in [2.05, 4.69) is 0 Å². The summed E-state index contributed by atoms with van der Waals surface area (Å²) < 4.78 is 5.52. The summed E-state index contributed by atoms with van der Waals surface area (Å²) >= 11 is 5.81. The Morgan fingerprint density at radius 2 is 1.95 bits per heavy atom. The topological polar surface area (TPSA) is 66.8 Å². The molecule has 0 saturated heterocycles. The molecule has 0 atom stereocenters. The number of hydrogen-bond acceptors (Lipinski definition) is 3. The third-order valence-corrected chi connectivity index (χ3v) is 3.57. The lowest BCUT2D eigenvalue weighted by atomic mass is 10.2. The van der Waals surface area contributed by atoms with Crippen LogP contribution in [0.2, 0.25) is 0 Å². The fraction of sp³-hybridized carbons (Fsp3) is 0.500. The number of ether oxygens (including phenoxy) is 1. The van der Waals surface area contributed by atoms with Gasteiger partial charge in [-0.2, -0.15) is 0 Å². The van der Waals surface area contributed by atoms with Gasteiger partial charge in [0.15, 0.2) is 6.61 Å². The van der Waals surface area contributed by atoms with Crippen LogP contribution in [0, 0.1) is 0 Å². The van der Waals surface area contributed by atoms with Gasteiger partial charge in [-0.3, -0.25) is 9.59 Å². The highest BCUT2D eigenvalue weighted by atomic mass is 35.5. The summed E-state index contributed by atoms with van der Waals surface area (Å²) in [6, 6.07) is 7.35. The largest absolute Gasteiger partial charge is 0.483 e. The highest BCUT2D eigenvalue weighted by Gasteiger charge is 2.10. The van der Waals surface area contributed by atoms with Crippen LogP contribution in [0.1, 0.15) is 31.2 Å². The fourth-order valence-electron chi connectivity index (χ4n) is 1.93. The summed E-state index contributed by atoms with van der Waals surface area (Å²) in [7, 11) is 1.72. The van der Waals surface area contributed by atoms with Crippen molar-refractivity contribution in [1.29, 1.82) is 0 Å². The summed E-state index contributed by atoms with van der Waals surface area (Å²) in [5, 5.41) is 8.54. The molecule has 0 bridgehead atoms. The van der Waals surface area contributed by atoms with Crippen LogP contribution in [0.25, 0.3) is 0 Å². The second-order valence-corrected chi connectivity index (χ2v) is 5.32. The third kappa shape index (κ3) is 6.80. The Morgan fingerprint density at radius 3 is 2.64 bits per heavy atom. The molecule has 0 spiro atoms. The van der Waals surface area contributed by atoms with E-state index < -0.39 is 5.97 Å². The standard InChI is InChI=1S/C16H22ClNO4/c1-18(10-6-2-3-9-16(20)21)15(19)12-22-14-8-5-4-7-13(14)11-17/h4-5,7-8H,2-3,6,9-12H2,1H3,(H,20,21). The van der Waals surface area contributed by atoms with Gasteiger partial charge in [-0.25, -0.2) is 0 Å². The van der Waals surface area contributed by atoms with Crippen LogP contribution in [-0.4, -0.2) is 42.1 Å². The molecule has 0 aliphatic heterocycles. The predicted molar refractivity (Wildman–Crippen MR) is 85.2 cm³/mol. The summed E-state index contributed by atoms with van der Waals surface area (Å²) in [4.78, 5) is 23.9. The number of para-hydroxylation sites is 1.